The monoisotopic (exact) mass is 284 g/mol. The molecule has 3 N–H and O–H groups in total. The highest BCUT2D eigenvalue weighted by Crippen LogP contribution is 2.10. The molecule has 108 valence electrons. The molecule has 2 amide bonds. The fourth-order valence-electron chi connectivity index (χ4n) is 1.79. The molecule has 0 aliphatic carbocycles. The molecule has 2 aromatic carbocycles. The largest absolute Gasteiger partial charge is 0.508 e. The second-order valence-electron chi connectivity index (χ2n) is 4.43. The van der Waals surface area contributed by atoms with Crippen LogP contribution in [0.3, 0.4) is 0 Å². The van der Waals surface area contributed by atoms with Gasteiger partial charge in [0.05, 0.1) is 0 Å². The van der Waals surface area contributed by atoms with Crippen molar-refractivity contribution in [2.75, 3.05) is 13.1 Å². The first-order valence-electron chi connectivity index (χ1n) is 6.57. The van der Waals surface area contributed by atoms with Gasteiger partial charge in [0.1, 0.15) is 5.75 Å². The predicted octanol–water partition coefficient (Wildman–Crippen LogP) is 1.55. The summed E-state index contributed by atoms with van der Waals surface area (Å²) in [5, 5.41) is 14.7. The summed E-state index contributed by atoms with van der Waals surface area (Å²) >= 11 is 0. The van der Waals surface area contributed by atoms with Gasteiger partial charge in [0.2, 0.25) is 0 Å². The highest BCUT2D eigenvalue weighted by Gasteiger charge is 2.06. The van der Waals surface area contributed by atoms with Crippen molar-refractivity contribution in [2.24, 2.45) is 0 Å². The summed E-state index contributed by atoms with van der Waals surface area (Å²) in [6, 6.07) is 15.0. The van der Waals surface area contributed by atoms with Crippen LogP contribution in [-0.4, -0.2) is 30.0 Å². The van der Waals surface area contributed by atoms with Crippen molar-refractivity contribution in [1.29, 1.82) is 0 Å². The number of rotatable bonds is 5. The van der Waals surface area contributed by atoms with Crippen LogP contribution < -0.4 is 10.6 Å². The summed E-state index contributed by atoms with van der Waals surface area (Å²) in [7, 11) is 0. The molecule has 0 heterocycles. The maximum Gasteiger partial charge on any atom is 0.251 e. The van der Waals surface area contributed by atoms with E-state index in [1.165, 1.54) is 12.1 Å². The van der Waals surface area contributed by atoms with Gasteiger partial charge in [0, 0.05) is 24.2 Å². The van der Waals surface area contributed by atoms with Crippen molar-refractivity contribution in [3.63, 3.8) is 0 Å². The Balaban J connectivity index is 1.75. The van der Waals surface area contributed by atoms with Gasteiger partial charge < -0.3 is 15.7 Å². The SMILES string of the molecule is O=C(NCCNC(=O)c1cccc(O)c1)c1ccccc1. The number of benzene rings is 2. The van der Waals surface area contributed by atoms with Crippen LogP contribution in [-0.2, 0) is 0 Å². The molecule has 0 aliphatic rings. The first kappa shape index (κ1) is 14.6. The molecular formula is C16H16N2O3. The normalized spacial score (nSPS) is 9.90. The van der Waals surface area contributed by atoms with Crippen LogP contribution >= 0.6 is 0 Å². The lowest BCUT2D eigenvalue weighted by Crippen LogP contribution is -2.34. The van der Waals surface area contributed by atoms with Crippen molar-refractivity contribution >= 4 is 11.8 Å². The summed E-state index contributed by atoms with van der Waals surface area (Å²) in [6.45, 7) is 0.644. The topological polar surface area (TPSA) is 78.4 Å². The number of nitrogens with one attached hydrogen (secondary N) is 2. The molecule has 0 saturated heterocycles. The van der Waals surface area contributed by atoms with E-state index in [1.807, 2.05) is 6.07 Å². The highest BCUT2D eigenvalue weighted by molar-refractivity contribution is 5.95. The first-order chi connectivity index (χ1) is 10.2. The van der Waals surface area contributed by atoms with Crippen LogP contribution in [0.4, 0.5) is 0 Å². The van der Waals surface area contributed by atoms with Crippen molar-refractivity contribution < 1.29 is 14.7 Å². The summed E-state index contributed by atoms with van der Waals surface area (Å²) < 4.78 is 0. The molecular weight excluding hydrogens is 268 g/mol. The van der Waals surface area contributed by atoms with Crippen LogP contribution in [0.2, 0.25) is 0 Å². The average molecular weight is 284 g/mol. The maximum atomic E-state index is 11.8. The molecule has 21 heavy (non-hydrogen) atoms. The number of phenols is 1. The van der Waals surface area contributed by atoms with Gasteiger partial charge in [0.25, 0.3) is 11.8 Å². The molecule has 0 radical (unpaired) electrons. The molecule has 5 heteroatoms. The van der Waals surface area contributed by atoms with E-state index in [1.54, 1.807) is 36.4 Å². The Morgan fingerprint density at radius 3 is 2.00 bits per heavy atom. The van der Waals surface area contributed by atoms with Crippen LogP contribution in [0, 0.1) is 0 Å². The molecule has 5 nitrogen and oxygen atoms in total. The van der Waals surface area contributed by atoms with Gasteiger partial charge in [0.15, 0.2) is 0 Å². The number of hydrogen-bond donors (Lipinski definition) is 3. The molecule has 2 rings (SSSR count). The van der Waals surface area contributed by atoms with Crippen LogP contribution in [0.25, 0.3) is 0 Å². The molecule has 0 atom stereocenters. The Hall–Kier alpha value is -2.82. The van der Waals surface area contributed by atoms with Gasteiger partial charge in [-0.1, -0.05) is 24.3 Å². The molecule has 2 aromatic rings. The van der Waals surface area contributed by atoms with Crippen LogP contribution in [0.15, 0.2) is 54.6 Å². The Bertz CT molecular complexity index is 626. The van der Waals surface area contributed by atoms with Crippen molar-refractivity contribution in [2.45, 2.75) is 0 Å². The van der Waals surface area contributed by atoms with E-state index in [0.717, 1.165) is 0 Å². The third-order valence-corrected chi connectivity index (χ3v) is 2.84. The third-order valence-electron chi connectivity index (χ3n) is 2.84. The summed E-state index contributed by atoms with van der Waals surface area (Å²) in [6.07, 6.45) is 0. The summed E-state index contributed by atoms with van der Waals surface area (Å²) in [5.74, 6) is -0.429. The maximum absolute atomic E-state index is 11.8. The Morgan fingerprint density at radius 1 is 0.810 bits per heavy atom. The Labute approximate surface area is 122 Å². The fraction of sp³-hybridized carbons (Fsp3) is 0.125. The minimum Gasteiger partial charge on any atom is -0.508 e. The lowest BCUT2D eigenvalue weighted by molar-refractivity contribution is 0.0927. The number of carbonyl (C=O) groups excluding carboxylic acids is 2. The number of aromatic hydroxyl groups is 1. The van der Waals surface area contributed by atoms with Crippen LogP contribution in [0.1, 0.15) is 20.7 Å². The molecule has 0 fully saturated rings. The van der Waals surface area contributed by atoms with E-state index < -0.39 is 0 Å². The van der Waals surface area contributed by atoms with Crippen molar-refractivity contribution in [3.8, 4) is 5.75 Å². The number of phenolic OH excluding ortho intramolecular Hbond substituents is 1. The zero-order valence-electron chi connectivity index (χ0n) is 11.4. The zero-order valence-corrected chi connectivity index (χ0v) is 11.4. The van der Waals surface area contributed by atoms with Gasteiger partial charge in [-0.2, -0.15) is 0 Å². The van der Waals surface area contributed by atoms with Crippen molar-refractivity contribution in [1.82, 2.24) is 10.6 Å². The summed E-state index contributed by atoms with van der Waals surface area (Å²) in [4.78, 5) is 23.5. The molecule has 0 aliphatic heterocycles. The van der Waals surface area contributed by atoms with Gasteiger partial charge in [-0.15, -0.1) is 0 Å². The number of hydrogen-bond acceptors (Lipinski definition) is 3. The second-order valence-corrected chi connectivity index (χ2v) is 4.43. The van der Waals surface area contributed by atoms with E-state index >= 15 is 0 Å². The quantitative estimate of drug-likeness (QED) is 0.729. The zero-order chi connectivity index (χ0) is 15.1. The number of amides is 2. The van der Waals surface area contributed by atoms with E-state index in [2.05, 4.69) is 10.6 Å². The molecule has 0 aromatic heterocycles. The van der Waals surface area contributed by atoms with Gasteiger partial charge in [-0.3, -0.25) is 9.59 Å². The Morgan fingerprint density at radius 2 is 1.38 bits per heavy atom. The smallest absolute Gasteiger partial charge is 0.251 e. The van der Waals surface area contributed by atoms with Crippen molar-refractivity contribution in [3.05, 3.63) is 65.7 Å². The Kier molecular flexibility index (Phi) is 4.93. The van der Waals surface area contributed by atoms with Gasteiger partial charge >= 0.3 is 0 Å². The second kappa shape index (κ2) is 7.09. The molecule has 0 bridgehead atoms. The number of carbonyl (C=O) groups is 2. The predicted molar refractivity (Wildman–Crippen MR) is 79.2 cm³/mol. The standard InChI is InChI=1S/C16H16N2O3/c19-14-8-4-7-13(11-14)16(21)18-10-9-17-15(20)12-5-2-1-3-6-12/h1-8,11,19H,9-10H2,(H,17,20)(H,18,21). The van der Waals surface area contributed by atoms with Gasteiger partial charge in [-0.25, -0.2) is 0 Å². The lowest BCUT2D eigenvalue weighted by atomic mass is 10.2. The molecule has 0 spiro atoms. The molecule has 0 unspecified atom stereocenters. The minimum atomic E-state index is -0.292. The van der Waals surface area contributed by atoms with Crippen LogP contribution in [0.5, 0.6) is 5.75 Å². The first-order valence-corrected chi connectivity index (χ1v) is 6.57. The minimum absolute atomic E-state index is 0.0417. The van der Waals surface area contributed by atoms with E-state index in [9.17, 15) is 14.7 Å². The fourth-order valence-corrected chi connectivity index (χ4v) is 1.79. The summed E-state index contributed by atoms with van der Waals surface area (Å²) in [5.41, 5.74) is 0.959. The lowest BCUT2D eigenvalue weighted by Gasteiger charge is -2.07. The van der Waals surface area contributed by atoms with Gasteiger partial charge in [-0.05, 0) is 30.3 Å². The average Bonchev–Trinajstić information content (AvgIpc) is 2.52. The van der Waals surface area contributed by atoms with E-state index in [4.69, 9.17) is 0 Å². The highest BCUT2D eigenvalue weighted by atomic mass is 16.3. The third kappa shape index (κ3) is 4.35. The van der Waals surface area contributed by atoms with E-state index in [0.29, 0.717) is 24.2 Å². The molecule has 0 saturated carbocycles. The van der Waals surface area contributed by atoms with E-state index in [-0.39, 0.29) is 17.6 Å².